The first kappa shape index (κ1) is 17.7. The number of ether oxygens (including phenoxy) is 1. The van der Waals surface area contributed by atoms with Crippen molar-refractivity contribution in [1.29, 1.82) is 0 Å². The van der Waals surface area contributed by atoms with Crippen molar-refractivity contribution < 1.29 is 18.1 Å². The third kappa shape index (κ3) is 6.31. The summed E-state index contributed by atoms with van der Waals surface area (Å²) in [6.45, 7) is 3.82. The van der Waals surface area contributed by atoms with E-state index in [-0.39, 0.29) is 29.7 Å². The maximum absolute atomic E-state index is 11.0. The Morgan fingerprint density at radius 2 is 2.05 bits per heavy atom. The Labute approximate surface area is 128 Å². The van der Waals surface area contributed by atoms with Crippen LogP contribution in [-0.4, -0.2) is 25.7 Å². The van der Waals surface area contributed by atoms with Gasteiger partial charge in [0.25, 0.3) is 0 Å². The van der Waals surface area contributed by atoms with E-state index in [0.717, 1.165) is 0 Å². The fraction of sp³-hybridized carbons (Fsp3) is 0.538. The van der Waals surface area contributed by atoms with Gasteiger partial charge in [0.1, 0.15) is 0 Å². The van der Waals surface area contributed by atoms with Crippen molar-refractivity contribution in [1.82, 2.24) is 0 Å². The van der Waals surface area contributed by atoms with Crippen molar-refractivity contribution >= 4 is 25.4 Å². The van der Waals surface area contributed by atoms with E-state index in [1.807, 2.05) is 6.92 Å². The summed E-state index contributed by atoms with van der Waals surface area (Å²) in [5.41, 5.74) is 0.507. The Kier molecular flexibility index (Phi) is 6.42. The van der Waals surface area contributed by atoms with Crippen LogP contribution in [0, 0.1) is 23.0 Å². The summed E-state index contributed by atoms with van der Waals surface area (Å²) in [7, 11) is 1.67. The fourth-order valence-electron chi connectivity index (χ4n) is 1.84. The molecule has 0 saturated heterocycles. The molecular weight excluding hydrogens is 318 g/mol. The minimum Gasteiger partial charge on any atom is -0.487 e. The van der Waals surface area contributed by atoms with Crippen LogP contribution in [0.4, 0.5) is 5.69 Å². The van der Waals surface area contributed by atoms with Gasteiger partial charge in [-0.05, 0) is 31.7 Å². The highest BCUT2D eigenvalue weighted by Crippen LogP contribution is 2.30. The van der Waals surface area contributed by atoms with Crippen molar-refractivity contribution in [3.8, 4) is 5.75 Å². The molecule has 0 fully saturated rings. The zero-order chi connectivity index (χ0) is 16.0. The number of nitro benzene ring substituents is 1. The fourth-order valence-corrected chi connectivity index (χ4v) is 2.79. The second-order valence-corrected chi connectivity index (χ2v) is 7.85. The maximum Gasteiger partial charge on any atom is 0.313 e. The second kappa shape index (κ2) is 7.61. The normalized spacial score (nSPS) is 12.9. The first-order valence-corrected chi connectivity index (χ1v) is 8.97. The molecule has 21 heavy (non-hydrogen) atoms. The third-order valence-corrected chi connectivity index (χ3v) is 4.29. The molecule has 0 heterocycles. The number of para-hydroxylation sites is 1. The topological polar surface area (TPSA) is 86.5 Å². The molecule has 0 aliphatic heterocycles. The Morgan fingerprint density at radius 1 is 1.38 bits per heavy atom. The van der Waals surface area contributed by atoms with Gasteiger partial charge in [0, 0.05) is 16.2 Å². The monoisotopic (exact) mass is 335 g/mol. The number of nitro groups is 1. The van der Waals surface area contributed by atoms with Gasteiger partial charge in [0.2, 0.25) is 9.05 Å². The molecule has 0 N–H and O–H groups in total. The van der Waals surface area contributed by atoms with E-state index in [1.54, 1.807) is 25.1 Å². The summed E-state index contributed by atoms with van der Waals surface area (Å²) in [6, 6.07) is 4.90. The van der Waals surface area contributed by atoms with Gasteiger partial charge in [-0.15, -0.1) is 0 Å². The highest BCUT2D eigenvalue weighted by Gasteiger charge is 2.18. The molecule has 1 unspecified atom stereocenters. The highest BCUT2D eigenvalue weighted by atomic mass is 35.7. The zero-order valence-corrected chi connectivity index (χ0v) is 13.5. The predicted molar refractivity (Wildman–Crippen MR) is 81.4 cm³/mol. The van der Waals surface area contributed by atoms with Gasteiger partial charge >= 0.3 is 5.69 Å². The first-order valence-electron chi connectivity index (χ1n) is 6.50. The molecule has 0 spiro atoms. The molecular formula is C13H18ClNO5S. The standard InChI is InChI=1S/C13H18ClNO5S/c1-10(7-9-21(14,18)19)6-8-20-12-5-3-4-11(2)13(12)15(16)17/h3-5,10H,6-9H2,1-2H3. The van der Waals surface area contributed by atoms with Gasteiger partial charge in [0.05, 0.1) is 17.3 Å². The van der Waals surface area contributed by atoms with E-state index in [2.05, 4.69) is 0 Å². The largest absolute Gasteiger partial charge is 0.487 e. The quantitative estimate of drug-likeness (QED) is 0.413. The zero-order valence-electron chi connectivity index (χ0n) is 11.9. The van der Waals surface area contributed by atoms with E-state index in [1.165, 1.54) is 0 Å². The third-order valence-electron chi connectivity index (χ3n) is 3.11. The molecule has 0 bridgehead atoms. The Hall–Kier alpha value is -1.34. The van der Waals surface area contributed by atoms with Crippen LogP contribution < -0.4 is 4.74 Å². The van der Waals surface area contributed by atoms with Crippen LogP contribution >= 0.6 is 10.7 Å². The Morgan fingerprint density at radius 3 is 2.62 bits per heavy atom. The van der Waals surface area contributed by atoms with Gasteiger partial charge in [-0.3, -0.25) is 10.1 Å². The number of hydrogen-bond donors (Lipinski definition) is 0. The van der Waals surface area contributed by atoms with Crippen molar-refractivity contribution in [3.63, 3.8) is 0 Å². The van der Waals surface area contributed by atoms with Gasteiger partial charge in [-0.1, -0.05) is 19.1 Å². The van der Waals surface area contributed by atoms with E-state index >= 15 is 0 Å². The number of rotatable bonds is 8. The first-order chi connectivity index (χ1) is 9.70. The van der Waals surface area contributed by atoms with Crippen molar-refractivity contribution in [2.75, 3.05) is 12.4 Å². The lowest BCUT2D eigenvalue weighted by Crippen LogP contribution is -2.09. The van der Waals surface area contributed by atoms with E-state index < -0.39 is 14.0 Å². The number of benzene rings is 1. The molecule has 0 aromatic heterocycles. The van der Waals surface area contributed by atoms with Gasteiger partial charge < -0.3 is 4.74 Å². The van der Waals surface area contributed by atoms with Crippen LogP contribution in [-0.2, 0) is 9.05 Å². The molecule has 0 saturated carbocycles. The summed E-state index contributed by atoms with van der Waals surface area (Å²) in [4.78, 5) is 10.5. The highest BCUT2D eigenvalue weighted by molar-refractivity contribution is 8.13. The average molecular weight is 336 g/mol. The van der Waals surface area contributed by atoms with Crippen LogP contribution in [0.3, 0.4) is 0 Å². The van der Waals surface area contributed by atoms with Crippen molar-refractivity contribution in [2.24, 2.45) is 5.92 Å². The van der Waals surface area contributed by atoms with E-state index in [4.69, 9.17) is 15.4 Å². The number of nitrogens with zero attached hydrogens (tertiary/aromatic N) is 1. The number of hydrogen-bond acceptors (Lipinski definition) is 5. The average Bonchev–Trinajstić information content (AvgIpc) is 2.35. The lowest BCUT2D eigenvalue weighted by atomic mass is 10.1. The second-order valence-electron chi connectivity index (χ2n) is 4.95. The Bertz CT molecular complexity index is 603. The van der Waals surface area contributed by atoms with Gasteiger partial charge in [-0.25, -0.2) is 8.42 Å². The van der Waals surface area contributed by atoms with E-state index in [0.29, 0.717) is 18.4 Å². The molecule has 1 aromatic rings. The minimum absolute atomic E-state index is 0.0338. The summed E-state index contributed by atoms with van der Waals surface area (Å²) >= 11 is 0. The summed E-state index contributed by atoms with van der Waals surface area (Å²) in [5, 5.41) is 11.0. The number of halogens is 1. The summed E-state index contributed by atoms with van der Waals surface area (Å²) < 4.78 is 27.2. The molecule has 0 aliphatic rings. The lowest BCUT2D eigenvalue weighted by Gasteiger charge is -2.12. The molecule has 8 heteroatoms. The van der Waals surface area contributed by atoms with Crippen molar-refractivity contribution in [2.45, 2.75) is 26.7 Å². The molecule has 1 atom stereocenters. The predicted octanol–water partition coefficient (Wildman–Crippen LogP) is 3.27. The molecule has 0 amide bonds. The van der Waals surface area contributed by atoms with Crippen molar-refractivity contribution in [3.05, 3.63) is 33.9 Å². The van der Waals surface area contributed by atoms with E-state index in [9.17, 15) is 18.5 Å². The molecule has 6 nitrogen and oxygen atoms in total. The van der Waals surface area contributed by atoms with Crippen LogP contribution in [0.15, 0.2) is 18.2 Å². The smallest absolute Gasteiger partial charge is 0.313 e. The van der Waals surface area contributed by atoms with Gasteiger partial charge in [0.15, 0.2) is 5.75 Å². The minimum atomic E-state index is -3.48. The Balaban J connectivity index is 2.53. The van der Waals surface area contributed by atoms with Crippen LogP contribution in [0.5, 0.6) is 5.75 Å². The molecule has 118 valence electrons. The molecule has 0 aliphatic carbocycles. The molecule has 1 aromatic carbocycles. The number of aryl methyl sites for hydroxylation is 1. The maximum atomic E-state index is 11.0. The molecule has 0 radical (unpaired) electrons. The van der Waals surface area contributed by atoms with Crippen LogP contribution in [0.2, 0.25) is 0 Å². The van der Waals surface area contributed by atoms with Crippen LogP contribution in [0.1, 0.15) is 25.3 Å². The molecule has 1 rings (SSSR count). The lowest BCUT2D eigenvalue weighted by molar-refractivity contribution is -0.386. The summed E-state index contributed by atoms with van der Waals surface area (Å²) in [5.74, 6) is 0.250. The SMILES string of the molecule is Cc1cccc(OCCC(C)CCS(=O)(=O)Cl)c1[N+](=O)[O-]. The van der Waals surface area contributed by atoms with Crippen LogP contribution in [0.25, 0.3) is 0 Å². The summed E-state index contributed by atoms with van der Waals surface area (Å²) in [6.07, 6.45) is 1.03. The van der Waals surface area contributed by atoms with Gasteiger partial charge in [-0.2, -0.15) is 0 Å².